The van der Waals surface area contributed by atoms with Crippen molar-refractivity contribution in [1.82, 2.24) is 4.90 Å². The molecule has 1 rings (SSSR count). The van der Waals surface area contributed by atoms with Gasteiger partial charge in [-0.25, -0.2) is 0 Å². The standard InChI is InChI=1S/C11H23NO/c1-2-3-8-12-9-4-6-11(12)7-5-10-13/h11,13H,2-10H2,1H3/t11-/m1/s1. The molecule has 0 bridgehead atoms. The van der Waals surface area contributed by atoms with Gasteiger partial charge in [-0.15, -0.1) is 0 Å². The van der Waals surface area contributed by atoms with Gasteiger partial charge in [0.15, 0.2) is 0 Å². The van der Waals surface area contributed by atoms with Gasteiger partial charge in [-0.2, -0.15) is 0 Å². The van der Waals surface area contributed by atoms with Gasteiger partial charge >= 0.3 is 0 Å². The highest BCUT2D eigenvalue weighted by Gasteiger charge is 2.22. The molecule has 0 radical (unpaired) electrons. The van der Waals surface area contributed by atoms with Crippen molar-refractivity contribution in [1.29, 1.82) is 0 Å². The van der Waals surface area contributed by atoms with Crippen molar-refractivity contribution in [3.8, 4) is 0 Å². The Labute approximate surface area is 81.9 Å². The molecule has 0 unspecified atom stereocenters. The van der Waals surface area contributed by atoms with E-state index in [1.807, 2.05) is 0 Å². The van der Waals surface area contributed by atoms with Crippen molar-refractivity contribution in [3.05, 3.63) is 0 Å². The molecule has 0 aromatic rings. The largest absolute Gasteiger partial charge is 0.396 e. The molecule has 1 heterocycles. The molecule has 0 spiro atoms. The molecule has 2 nitrogen and oxygen atoms in total. The van der Waals surface area contributed by atoms with Crippen LogP contribution < -0.4 is 0 Å². The number of aliphatic hydroxyl groups excluding tert-OH is 1. The lowest BCUT2D eigenvalue weighted by molar-refractivity contribution is 0.214. The summed E-state index contributed by atoms with van der Waals surface area (Å²) in [6.45, 7) is 5.17. The molecule has 0 aromatic heterocycles. The van der Waals surface area contributed by atoms with Gasteiger partial charge in [-0.05, 0) is 45.2 Å². The number of hydrogen-bond acceptors (Lipinski definition) is 2. The topological polar surface area (TPSA) is 23.5 Å². The summed E-state index contributed by atoms with van der Waals surface area (Å²) in [5, 5.41) is 8.77. The highest BCUT2D eigenvalue weighted by atomic mass is 16.2. The maximum Gasteiger partial charge on any atom is 0.0431 e. The van der Waals surface area contributed by atoms with Gasteiger partial charge in [0, 0.05) is 12.6 Å². The van der Waals surface area contributed by atoms with Gasteiger partial charge < -0.3 is 10.0 Å². The fraction of sp³-hybridized carbons (Fsp3) is 1.00. The molecule has 1 atom stereocenters. The van der Waals surface area contributed by atoms with E-state index >= 15 is 0 Å². The SMILES string of the molecule is CCCCN1CCC[C@@H]1CCCO. The molecule has 78 valence electrons. The van der Waals surface area contributed by atoms with Crippen LogP contribution in [0, 0.1) is 0 Å². The highest BCUT2D eigenvalue weighted by Crippen LogP contribution is 2.21. The van der Waals surface area contributed by atoms with Crippen molar-refractivity contribution in [2.24, 2.45) is 0 Å². The average Bonchev–Trinajstić information content (AvgIpc) is 2.59. The van der Waals surface area contributed by atoms with Crippen LogP contribution in [0.2, 0.25) is 0 Å². The van der Waals surface area contributed by atoms with Crippen LogP contribution in [0.25, 0.3) is 0 Å². The van der Waals surface area contributed by atoms with Gasteiger partial charge in [0.05, 0.1) is 0 Å². The number of aliphatic hydroxyl groups is 1. The minimum atomic E-state index is 0.359. The molecule has 2 heteroatoms. The summed E-state index contributed by atoms with van der Waals surface area (Å²) in [5.74, 6) is 0. The van der Waals surface area contributed by atoms with Crippen molar-refractivity contribution >= 4 is 0 Å². The molecule has 13 heavy (non-hydrogen) atoms. The third-order valence-corrected chi connectivity index (χ3v) is 2.99. The number of likely N-dealkylation sites (tertiary alicyclic amines) is 1. The zero-order chi connectivity index (χ0) is 9.52. The molecular weight excluding hydrogens is 162 g/mol. The van der Waals surface area contributed by atoms with Crippen molar-refractivity contribution in [2.45, 2.75) is 51.5 Å². The van der Waals surface area contributed by atoms with Crippen LogP contribution in [0.1, 0.15) is 45.4 Å². The van der Waals surface area contributed by atoms with Gasteiger partial charge in [0.25, 0.3) is 0 Å². The fourth-order valence-corrected chi connectivity index (χ4v) is 2.20. The Balaban J connectivity index is 2.18. The Morgan fingerprint density at radius 2 is 2.23 bits per heavy atom. The van der Waals surface area contributed by atoms with E-state index in [0.717, 1.165) is 12.5 Å². The summed E-state index contributed by atoms with van der Waals surface area (Å²) in [7, 11) is 0. The third kappa shape index (κ3) is 3.65. The minimum absolute atomic E-state index is 0.359. The number of hydrogen-bond donors (Lipinski definition) is 1. The maximum absolute atomic E-state index is 8.77. The summed E-state index contributed by atoms with van der Waals surface area (Å²) in [6.07, 6.45) is 7.51. The first-order valence-corrected chi connectivity index (χ1v) is 5.73. The molecule has 1 saturated heterocycles. The molecular formula is C11H23NO. The maximum atomic E-state index is 8.77. The van der Waals surface area contributed by atoms with Crippen LogP contribution in [-0.4, -0.2) is 35.7 Å². The zero-order valence-corrected chi connectivity index (χ0v) is 8.84. The Kier molecular flexibility index (Phi) is 5.40. The number of nitrogens with zero attached hydrogens (tertiary/aromatic N) is 1. The second-order valence-electron chi connectivity index (χ2n) is 4.05. The van der Waals surface area contributed by atoms with Gasteiger partial charge in [0.1, 0.15) is 0 Å². The van der Waals surface area contributed by atoms with Crippen LogP contribution in [-0.2, 0) is 0 Å². The van der Waals surface area contributed by atoms with E-state index in [9.17, 15) is 0 Å². The predicted octanol–water partition coefficient (Wildman–Crippen LogP) is 2.02. The Morgan fingerprint density at radius 1 is 1.38 bits per heavy atom. The van der Waals surface area contributed by atoms with Gasteiger partial charge in [-0.1, -0.05) is 13.3 Å². The summed E-state index contributed by atoms with van der Waals surface area (Å²) in [4.78, 5) is 2.61. The van der Waals surface area contributed by atoms with E-state index in [1.165, 1.54) is 45.2 Å². The predicted molar refractivity (Wildman–Crippen MR) is 55.8 cm³/mol. The van der Waals surface area contributed by atoms with Gasteiger partial charge in [0.2, 0.25) is 0 Å². The summed E-state index contributed by atoms with van der Waals surface area (Å²) < 4.78 is 0. The lowest BCUT2D eigenvalue weighted by Gasteiger charge is -2.23. The molecule has 0 saturated carbocycles. The van der Waals surface area contributed by atoms with Crippen LogP contribution >= 0.6 is 0 Å². The van der Waals surface area contributed by atoms with E-state index in [1.54, 1.807) is 0 Å². The first-order chi connectivity index (χ1) is 6.38. The first-order valence-electron chi connectivity index (χ1n) is 5.73. The van der Waals surface area contributed by atoms with Crippen molar-refractivity contribution < 1.29 is 5.11 Å². The van der Waals surface area contributed by atoms with Crippen LogP contribution in [0.5, 0.6) is 0 Å². The average molecular weight is 185 g/mol. The second kappa shape index (κ2) is 6.39. The molecule has 1 fully saturated rings. The van der Waals surface area contributed by atoms with E-state index in [2.05, 4.69) is 11.8 Å². The summed E-state index contributed by atoms with van der Waals surface area (Å²) >= 11 is 0. The smallest absolute Gasteiger partial charge is 0.0431 e. The van der Waals surface area contributed by atoms with Crippen molar-refractivity contribution in [3.63, 3.8) is 0 Å². The minimum Gasteiger partial charge on any atom is -0.396 e. The quantitative estimate of drug-likeness (QED) is 0.684. The second-order valence-corrected chi connectivity index (χ2v) is 4.05. The lowest BCUT2D eigenvalue weighted by atomic mass is 10.1. The number of unbranched alkanes of at least 4 members (excludes halogenated alkanes) is 1. The van der Waals surface area contributed by atoms with Crippen molar-refractivity contribution in [2.75, 3.05) is 19.7 Å². The molecule has 0 aromatic carbocycles. The van der Waals surface area contributed by atoms with E-state index in [0.29, 0.717) is 6.61 Å². The normalized spacial score (nSPS) is 24.0. The number of rotatable bonds is 6. The Morgan fingerprint density at radius 3 is 2.92 bits per heavy atom. The summed E-state index contributed by atoms with van der Waals surface area (Å²) in [6, 6.07) is 0.777. The zero-order valence-electron chi connectivity index (χ0n) is 8.84. The van der Waals surface area contributed by atoms with Crippen LogP contribution in [0.3, 0.4) is 0 Å². The van der Waals surface area contributed by atoms with Crippen LogP contribution in [0.15, 0.2) is 0 Å². The third-order valence-electron chi connectivity index (χ3n) is 2.99. The molecule has 1 N–H and O–H groups in total. The van der Waals surface area contributed by atoms with Crippen LogP contribution in [0.4, 0.5) is 0 Å². The highest BCUT2D eigenvalue weighted by molar-refractivity contribution is 4.78. The Bertz CT molecular complexity index is 113. The molecule has 0 amide bonds. The van der Waals surface area contributed by atoms with E-state index in [-0.39, 0.29) is 0 Å². The summed E-state index contributed by atoms with van der Waals surface area (Å²) in [5.41, 5.74) is 0. The lowest BCUT2D eigenvalue weighted by Crippen LogP contribution is -2.30. The first kappa shape index (κ1) is 11.0. The molecule has 1 aliphatic rings. The van der Waals surface area contributed by atoms with E-state index < -0.39 is 0 Å². The Hall–Kier alpha value is -0.0800. The van der Waals surface area contributed by atoms with Gasteiger partial charge in [-0.3, -0.25) is 0 Å². The molecule has 1 aliphatic heterocycles. The molecule has 0 aliphatic carbocycles. The monoisotopic (exact) mass is 185 g/mol. The fourth-order valence-electron chi connectivity index (χ4n) is 2.20. The van der Waals surface area contributed by atoms with E-state index in [4.69, 9.17) is 5.11 Å².